The number of aliphatic hydroxyl groups is 3. The second-order valence-corrected chi connectivity index (χ2v) is 15.5. The van der Waals surface area contributed by atoms with Crippen molar-refractivity contribution in [2.24, 2.45) is 28.8 Å². The smallest absolute Gasteiger partial charge is 0.312 e. The predicted octanol–water partition coefficient (Wildman–Crippen LogP) is 3.76. The van der Waals surface area contributed by atoms with Gasteiger partial charge in [0.2, 0.25) is 0 Å². The van der Waals surface area contributed by atoms with E-state index in [1.165, 1.54) is 52.5 Å². The first-order valence-electron chi connectivity index (χ1n) is 18.9. The van der Waals surface area contributed by atoms with Gasteiger partial charge in [-0.3, -0.25) is 14.6 Å². The molecule has 0 radical (unpaired) electrons. The molecular weight excluding hydrogens is 724 g/mol. The van der Waals surface area contributed by atoms with Gasteiger partial charge in [-0.1, -0.05) is 45.9 Å². The topological polar surface area (TPSA) is 214 Å². The number of piperazine rings is 1. The van der Waals surface area contributed by atoms with Crippen molar-refractivity contribution in [1.29, 1.82) is 0 Å². The van der Waals surface area contributed by atoms with Gasteiger partial charge in [0.25, 0.3) is 11.7 Å². The number of aliphatic hydroxyl groups excluding tert-OH is 3. The second-order valence-electron chi connectivity index (χ2n) is 15.5. The van der Waals surface area contributed by atoms with Crippen LogP contribution < -0.4 is 10.1 Å². The van der Waals surface area contributed by atoms with Gasteiger partial charge in [-0.2, -0.15) is 5.10 Å². The van der Waals surface area contributed by atoms with Gasteiger partial charge in [-0.25, -0.2) is 0 Å². The molecule has 0 aromatic heterocycles. The highest BCUT2D eigenvalue weighted by atomic mass is 16.7. The van der Waals surface area contributed by atoms with Gasteiger partial charge in [0.15, 0.2) is 5.75 Å². The number of allylic oxidation sites excluding steroid dienone is 2. The number of likely N-dealkylation sites (N-methyl/N-ethyl adjacent to an activating group) is 1. The van der Waals surface area contributed by atoms with Gasteiger partial charge in [-0.15, -0.1) is 0 Å². The number of hydrogen-bond donors (Lipinski definition) is 7. The zero-order valence-electron chi connectivity index (χ0n) is 33.5. The SMILES string of the molecule is CO[C@H]1/C=C/O[C@@]2(C)Oc3c(C)c(O)c4c(O)c(c(/C=N/N5CCN(C)CC5)c(O)c4c3C2=O)NC(=O)/C(C)=C/C=C/[C@H](C)[C@H](O)[C@@H](C)[C@@H](O)[C@@H](C)[C@H](O)[C@@H]1C. The number of nitrogens with zero attached hydrogens (tertiary/aromatic N) is 3. The number of nitrogens with one attached hydrogen (secondary N) is 1. The third-order valence-electron chi connectivity index (χ3n) is 11.6. The number of methoxy groups -OCH3 is 1. The average molecular weight is 781 g/mol. The first-order valence-corrected chi connectivity index (χ1v) is 18.9. The van der Waals surface area contributed by atoms with Crippen LogP contribution in [0.5, 0.6) is 23.0 Å². The summed E-state index contributed by atoms with van der Waals surface area (Å²) in [6.45, 7) is 13.8. The Morgan fingerprint density at radius 3 is 2.16 bits per heavy atom. The van der Waals surface area contributed by atoms with E-state index < -0.39 is 82.8 Å². The van der Waals surface area contributed by atoms with Crippen molar-refractivity contribution in [3.05, 3.63) is 52.8 Å². The van der Waals surface area contributed by atoms with Crippen LogP contribution in [-0.4, -0.2) is 129 Å². The minimum absolute atomic E-state index is 0.0688. The molecule has 0 saturated carbocycles. The molecule has 56 heavy (non-hydrogen) atoms. The maximum absolute atomic E-state index is 14.3. The van der Waals surface area contributed by atoms with Gasteiger partial charge in [0, 0.05) is 80.4 Å². The number of aromatic hydroxyl groups is 3. The van der Waals surface area contributed by atoms with Crippen LogP contribution in [0.25, 0.3) is 10.8 Å². The van der Waals surface area contributed by atoms with E-state index in [1.54, 1.807) is 44.9 Å². The second kappa shape index (κ2) is 16.8. The molecule has 6 rings (SSSR count). The first kappa shape index (κ1) is 42.5. The number of Topliss-reactive ketones (excluding diaryl/α,β-unsaturated/α-hetero) is 1. The molecular formula is C41H56N4O11. The molecule has 4 aliphatic rings. The van der Waals surface area contributed by atoms with E-state index in [2.05, 4.69) is 15.3 Å². The summed E-state index contributed by atoms with van der Waals surface area (Å²) < 4.78 is 17.7. The van der Waals surface area contributed by atoms with Crippen LogP contribution >= 0.6 is 0 Å². The molecule has 0 unspecified atom stereocenters. The molecule has 2 aromatic carbocycles. The summed E-state index contributed by atoms with van der Waals surface area (Å²) in [4.78, 5) is 30.1. The third kappa shape index (κ3) is 7.96. The van der Waals surface area contributed by atoms with Crippen LogP contribution in [0.2, 0.25) is 0 Å². The Hall–Kier alpha value is -4.67. The fourth-order valence-electron chi connectivity index (χ4n) is 7.53. The number of phenolic OH excluding ortho intramolecular Hbond substituents is 3. The Kier molecular flexibility index (Phi) is 12.8. The molecule has 1 saturated heterocycles. The van der Waals surface area contributed by atoms with Crippen molar-refractivity contribution < 1.29 is 54.4 Å². The van der Waals surface area contributed by atoms with Crippen molar-refractivity contribution in [1.82, 2.24) is 9.91 Å². The van der Waals surface area contributed by atoms with Crippen molar-refractivity contribution in [3.63, 3.8) is 0 Å². The predicted molar refractivity (Wildman–Crippen MR) is 211 cm³/mol. The van der Waals surface area contributed by atoms with Crippen LogP contribution in [0.15, 0.2) is 41.2 Å². The number of amides is 1. The highest BCUT2D eigenvalue weighted by Gasteiger charge is 2.50. The Balaban J connectivity index is 1.70. The van der Waals surface area contributed by atoms with Crippen LogP contribution in [0, 0.1) is 30.6 Å². The molecule has 15 heteroatoms. The molecule has 9 atom stereocenters. The van der Waals surface area contributed by atoms with E-state index in [-0.39, 0.29) is 44.5 Å². The number of ketones is 1. The fraction of sp³-hybridized carbons (Fsp3) is 0.537. The number of carbonyl (C=O) groups is 2. The molecule has 0 spiro atoms. The molecule has 306 valence electrons. The van der Waals surface area contributed by atoms with Gasteiger partial charge in [0.1, 0.15) is 17.2 Å². The molecule has 2 aromatic rings. The number of phenols is 3. The van der Waals surface area contributed by atoms with Crippen LogP contribution in [0.4, 0.5) is 5.69 Å². The van der Waals surface area contributed by atoms with Gasteiger partial charge < -0.3 is 55.1 Å². The average Bonchev–Trinajstić information content (AvgIpc) is 3.44. The lowest BCUT2D eigenvalue weighted by molar-refractivity contribution is -0.112. The summed E-state index contributed by atoms with van der Waals surface area (Å²) in [6, 6.07) is 0. The standard InChI is InChI=1S/C41H56N4O11/c1-20-11-10-12-21(2)40(53)43-31-26(19-42-45-16-14-44(8)15-17-45)36(50)28-29(37(31)51)35(49)25(6)38-30(28)39(52)41(7,56-38)55-18-13-27(54-9)22(3)33(47)24(5)34(48)23(4)32(20)46/h10-13,18-20,22-24,27,32-34,46-51H,14-17H2,1-9H3,(H,43,53)/b11-10+,18-13+,21-12+,42-19+/t20-,22+,23+,24-,27-,32-,33+,34+,41-/m0/s1. The van der Waals surface area contributed by atoms with E-state index >= 15 is 0 Å². The summed E-state index contributed by atoms with van der Waals surface area (Å²) >= 11 is 0. The molecule has 4 heterocycles. The summed E-state index contributed by atoms with van der Waals surface area (Å²) in [5, 5.41) is 77.6. The lowest BCUT2D eigenvalue weighted by Crippen LogP contribution is -2.44. The Bertz CT molecular complexity index is 1950. The summed E-state index contributed by atoms with van der Waals surface area (Å²) in [5.74, 6) is -7.59. The van der Waals surface area contributed by atoms with E-state index in [9.17, 15) is 40.2 Å². The van der Waals surface area contributed by atoms with Crippen molar-refractivity contribution in [2.75, 3.05) is 45.7 Å². The number of hydrogen-bond acceptors (Lipinski definition) is 14. The molecule has 5 bridgehead atoms. The number of hydrazone groups is 1. The number of rotatable bonds is 3. The van der Waals surface area contributed by atoms with Gasteiger partial charge in [0.05, 0.1) is 59.1 Å². The summed E-state index contributed by atoms with van der Waals surface area (Å²) in [5.41, 5.74) is -0.290. The van der Waals surface area contributed by atoms with Crippen LogP contribution in [0.3, 0.4) is 0 Å². The van der Waals surface area contributed by atoms with Crippen molar-refractivity contribution in [3.8, 4) is 23.0 Å². The largest absolute Gasteiger partial charge is 0.507 e. The summed E-state index contributed by atoms with van der Waals surface area (Å²) in [6.07, 6.45) is 4.79. The van der Waals surface area contributed by atoms with E-state index in [4.69, 9.17) is 14.2 Å². The highest BCUT2D eigenvalue weighted by Crippen LogP contribution is 2.55. The van der Waals surface area contributed by atoms with E-state index in [0.29, 0.717) is 13.1 Å². The molecule has 1 fully saturated rings. The van der Waals surface area contributed by atoms with Gasteiger partial charge >= 0.3 is 5.79 Å². The number of fused-ring (bicyclic) bond motifs is 14. The first-order chi connectivity index (χ1) is 26.3. The Morgan fingerprint density at radius 1 is 0.893 bits per heavy atom. The minimum Gasteiger partial charge on any atom is -0.507 e. The van der Waals surface area contributed by atoms with Crippen molar-refractivity contribution in [2.45, 2.75) is 78.7 Å². The number of benzene rings is 2. The number of ether oxygens (including phenoxy) is 3. The zero-order valence-corrected chi connectivity index (χ0v) is 33.5. The summed E-state index contributed by atoms with van der Waals surface area (Å²) in [7, 11) is 3.43. The molecule has 7 N–H and O–H groups in total. The maximum Gasteiger partial charge on any atom is 0.312 e. The zero-order chi connectivity index (χ0) is 41.4. The Labute approximate surface area is 327 Å². The minimum atomic E-state index is -2.01. The molecule has 4 aliphatic heterocycles. The Morgan fingerprint density at radius 2 is 1.52 bits per heavy atom. The van der Waals surface area contributed by atoms with E-state index in [0.717, 1.165) is 13.1 Å². The molecule has 15 nitrogen and oxygen atoms in total. The lowest BCUT2D eigenvalue weighted by atomic mass is 9.78. The quantitative estimate of drug-likeness (QED) is 0.134. The lowest BCUT2D eigenvalue weighted by Gasteiger charge is -2.36. The van der Waals surface area contributed by atoms with Gasteiger partial charge in [-0.05, 0) is 27.0 Å². The number of carbonyl (C=O) groups excluding carboxylic acids is 2. The number of anilines is 1. The molecule has 0 aliphatic carbocycles. The fourth-order valence-corrected chi connectivity index (χ4v) is 7.53. The van der Waals surface area contributed by atoms with E-state index in [1.807, 2.05) is 7.05 Å². The maximum atomic E-state index is 14.3. The third-order valence-corrected chi connectivity index (χ3v) is 11.6. The monoisotopic (exact) mass is 780 g/mol. The van der Waals surface area contributed by atoms with Crippen LogP contribution in [-0.2, 0) is 14.3 Å². The van der Waals surface area contributed by atoms with Crippen molar-refractivity contribution >= 4 is 34.4 Å². The van der Waals surface area contributed by atoms with Crippen LogP contribution in [0.1, 0.15) is 63.0 Å². The normalized spacial score (nSPS) is 33.3. The molecule has 1 amide bonds. The highest BCUT2D eigenvalue weighted by molar-refractivity contribution is 6.23.